The number of alkyl carbamates (subject to hydrolysis) is 1. The molecule has 2 aromatic carbocycles. The number of rotatable bonds is 14. The first-order valence-electron chi connectivity index (χ1n) is 12.2. The van der Waals surface area contributed by atoms with Gasteiger partial charge < -0.3 is 30.2 Å². The standard InChI is InChI=1S/C27H31N3O7/c31-24(32)13-5-2-8-15-28-25(33)21(14-16-29-27(35)36-18-19-9-3-1-4-10-19)30-26(34)23-17-20-11-6-7-12-22(20)37-23/h1,3-4,6-7,9-12,17,21H,2,5,8,13-16,18H2,(H,28,33)(H,29,35)(H,30,34)(H,31,32)/t21-/m0/s1. The fourth-order valence-electron chi connectivity index (χ4n) is 3.60. The summed E-state index contributed by atoms with van der Waals surface area (Å²) in [6.07, 6.45) is 1.34. The molecule has 0 aliphatic rings. The third-order valence-electron chi connectivity index (χ3n) is 5.55. The number of carbonyl (C=O) groups is 4. The molecule has 10 nitrogen and oxygen atoms in total. The zero-order valence-electron chi connectivity index (χ0n) is 20.4. The second kappa shape index (κ2) is 14.3. The topological polar surface area (TPSA) is 147 Å². The Labute approximate surface area is 214 Å². The lowest BCUT2D eigenvalue weighted by atomic mass is 10.1. The predicted molar refractivity (Wildman–Crippen MR) is 136 cm³/mol. The molecule has 1 aromatic heterocycles. The number of fused-ring (bicyclic) bond motifs is 1. The third kappa shape index (κ3) is 9.32. The quantitative estimate of drug-likeness (QED) is 0.243. The van der Waals surface area contributed by atoms with Crippen LogP contribution in [0.2, 0.25) is 0 Å². The van der Waals surface area contributed by atoms with Crippen LogP contribution in [0.25, 0.3) is 11.0 Å². The van der Waals surface area contributed by atoms with Gasteiger partial charge in [-0.3, -0.25) is 14.4 Å². The lowest BCUT2D eigenvalue weighted by Gasteiger charge is -2.18. The molecule has 0 unspecified atom stereocenters. The largest absolute Gasteiger partial charge is 0.481 e. The van der Waals surface area contributed by atoms with E-state index in [-0.39, 0.29) is 31.8 Å². The van der Waals surface area contributed by atoms with Crippen molar-refractivity contribution in [2.24, 2.45) is 0 Å². The summed E-state index contributed by atoms with van der Waals surface area (Å²) in [4.78, 5) is 48.3. The van der Waals surface area contributed by atoms with Gasteiger partial charge in [0.05, 0.1) is 0 Å². The van der Waals surface area contributed by atoms with Gasteiger partial charge in [-0.05, 0) is 37.0 Å². The number of hydrogen-bond donors (Lipinski definition) is 4. The highest BCUT2D eigenvalue weighted by Crippen LogP contribution is 2.18. The van der Waals surface area contributed by atoms with Gasteiger partial charge in [-0.2, -0.15) is 0 Å². The second-order valence-electron chi connectivity index (χ2n) is 8.45. The number of ether oxygens (including phenoxy) is 1. The fourth-order valence-corrected chi connectivity index (χ4v) is 3.60. The van der Waals surface area contributed by atoms with Gasteiger partial charge in [0, 0.05) is 24.9 Å². The second-order valence-corrected chi connectivity index (χ2v) is 8.45. The monoisotopic (exact) mass is 509 g/mol. The molecule has 1 heterocycles. The Bertz CT molecular complexity index is 1160. The van der Waals surface area contributed by atoms with Crippen LogP contribution >= 0.6 is 0 Å². The van der Waals surface area contributed by atoms with Crippen LogP contribution < -0.4 is 16.0 Å². The Morgan fingerprint density at radius 3 is 2.41 bits per heavy atom. The summed E-state index contributed by atoms with van der Waals surface area (Å²) >= 11 is 0. The first-order chi connectivity index (χ1) is 17.9. The van der Waals surface area contributed by atoms with Gasteiger partial charge in [-0.15, -0.1) is 0 Å². The maximum atomic E-state index is 12.8. The summed E-state index contributed by atoms with van der Waals surface area (Å²) < 4.78 is 10.8. The number of carboxylic acids is 1. The Balaban J connectivity index is 1.52. The van der Waals surface area contributed by atoms with Gasteiger partial charge in [0.25, 0.3) is 5.91 Å². The molecule has 0 saturated carbocycles. The molecule has 4 N–H and O–H groups in total. The van der Waals surface area contributed by atoms with E-state index in [0.29, 0.717) is 31.4 Å². The van der Waals surface area contributed by atoms with E-state index < -0.39 is 29.9 Å². The summed E-state index contributed by atoms with van der Waals surface area (Å²) in [5.41, 5.74) is 1.40. The van der Waals surface area contributed by atoms with Gasteiger partial charge >= 0.3 is 12.1 Å². The smallest absolute Gasteiger partial charge is 0.407 e. The van der Waals surface area contributed by atoms with E-state index in [4.69, 9.17) is 14.3 Å². The van der Waals surface area contributed by atoms with Crippen LogP contribution in [0.1, 0.15) is 48.2 Å². The van der Waals surface area contributed by atoms with Crippen LogP contribution in [0, 0.1) is 0 Å². The van der Waals surface area contributed by atoms with Crippen LogP contribution in [0.15, 0.2) is 65.1 Å². The van der Waals surface area contributed by atoms with E-state index in [0.717, 1.165) is 10.9 Å². The predicted octanol–water partition coefficient (Wildman–Crippen LogP) is 3.61. The van der Waals surface area contributed by atoms with E-state index in [9.17, 15) is 19.2 Å². The number of carboxylic acid groups (broad SMARTS) is 1. The minimum Gasteiger partial charge on any atom is -0.481 e. The Morgan fingerprint density at radius 1 is 0.892 bits per heavy atom. The summed E-state index contributed by atoms with van der Waals surface area (Å²) in [7, 11) is 0. The number of nitrogens with one attached hydrogen (secondary N) is 3. The molecule has 10 heteroatoms. The molecule has 0 aliphatic heterocycles. The van der Waals surface area contributed by atoms with Crippen molar-refractivity contribution in [1.29, 1.82) is 0 Å². The zero-order valence-corrected chi connectivity index (χ0v) is 20.4. The van der Waals surface area contributed by atoms with Crippen molar-refractivity contribution >= 4 is 34.8 Å². The van der Waals surface area contributed by atoms with E-state index in [2.05, 4.69) is 16.0 Å². The first-order valence-corrected chi connectivity index (χ1v) is 12.2. The SMILES string of the molecule is O=C(O)CCCCCNC(=O)[C@H](CCNC(=O)OCc1ccccc1)NC(=O)c1cc2ccccc2o1. The number of unbranched alkanes of at least 4 members (excludes halogenated alkanes) is 2. The van der Waals surface area contributed by atoms with Gasteiger partial charge in [0.15, 0.2) is 5.76 Å². The van der Waals surface area contributed by atoms with Gasteiger partial charge in [-0.25, -0.2) is 4.79 Å². The fraction of sp³-hybridized carbons (Fsp3) is 0.333. The minimum atomic E-state index is -0.936. The number of furan rings is 1. The Kier molecular flexibility index (Phi) is 10.5. The highest BCUT2D eigenvalue weighted by Gasteiger charge is 2.23. The minimum absolute atomic E-state index is 0.0721. The van der Waals surface area contributed by atoms with Gasteiger partial charge in [0.1, 0.15) is 18.2 Å². The molecule has 3 amide bonds. The maximum absolute atomic E-state index is 12.8. The van der Waals surface area contributed by atoms with Crippen LogP contribution in [0.5, 0.6) is 0 Å². The van der Waals surface area contributed by atoms with E-state index in [1.807, 2.05) is 42.5 Å². The molecule has 37 heavy (non-hydrogen) atoms. The van der Waals surface area contributed by atoms with Crippen LogP contribution in [0.4, 0.5) is 4.79 Å². The molecule has 196 valence electrons. The average Bonchev–Trinajstić information content (AvgIpc) is 3.34. The molecule has 3 aromatic rings. The summed E-state index contributed by atoms with van der Waals surface area (Å²) in [6, 6.07) is 17.1. The maximum Gasteiger partial charge on any atom is 0.407 e. The molecule has 0 fully saturated rings. The number of para-hydroxylation sites is 1. The highest BCUT2D eigenvalue weighted by atomic mass is 16.5. The van der Waals surface area contributed by atoms with Crippen molar-refractivity contribution < 1.29 is 33.4 Å². The Hall–Kier alpha value is -4.34. The first kappa shape index (κ1) is 27.3. The van der Waals surface area contributed by atoms with Crippen molar-refractivity contribution in [3.63, 3.8) is 0 Å². The zero-order chi connectivity index (χ0) is 26.5. The van der Waals surface area contributed by atoms with E-state index >= 15 is 0 Å². The molecule has 0 aliphatic carbocycles. The average molecular weight is 510 g/mol. The molecule has 0 saturated heterocycles. The van der Waals surface area contributed by atoms with Crippen molar-refractivity contribution in [1.82, 2.24) is 16.0 Å². The van der Waals surface area contributed by atoms with Crippen molar-refractivity contribution in [3.8, 4) is 0 Å². The van der Waals surface area contributed by atoms with Crippen LogP contribution in [-0.4, -0.2) is 48.1 Å². The lowest BCUT2D eigenvalue weighted by molar-refractivity contribution is -0.137. The highest BCUT2D eigenvalue weighted by molar-refractivity contribution is 5.98. The molecule has 0 spiro atoms. The molecule has 1 atom stereocenters. The molecule has 0 bridgehead atoms. The van der Waals surface area contributed by atoms with E-state index in [1.54, 1.807) is 18.2 Å². The van der Waals surface area contributed by atoms with Crippen molar-refractivity contribution in [2.75, 3.05) is 13.1 Å². The van der Waals surface area contributed by atoms with Gasteiger partial charge in [0.2, 0.25) is 5.91 Å². The van der Waals surface area contributed by atoms with Crippen LogP contribution in [0.3, 0.4) is 0 Å². The molecule has 0 radical (unpaired) electrons. The number of aliphatic carboxylic acids is 1. The van der Waals surface area contributed by atoms with Gasteiger partial charge in [-0.1, -0.05) is 55.0 Å². The Morgan fingerprint density at radius 2 is 1.65 bits per heavy atom. The summed E-state index contributed by atoms with van der Waals surface area (Å²) in [6.45, 7) is 0.536. The lowest BCUT2D eigenvalue weighted by Crippen LogP contribution is -2.48. The number of amides is 3. The molecular weight excluding hydrogens is 478 g/mol. The molecular formula is C27H31N3O7. The number of carbonyl (C=O) groups excluding carboxylic acids is 3. The van der Waals surface area contributed by atoms with Crippen molar-refractivity contribution in [2.45, 2.75) is 44.8 Å². The van der Waals surface area contributed by atoms with E-state index in [1.165, 1.54) is 0 Å². The number of hydrogen-bond acceptors (Lipinski definition) is 6. The molecule has 3 rings (SSSR count). The summed E-state index contributed by atoms with van der Waals surface area (Å²) in [5, 5.41) is 17.5. The third-order valence-corrected chi connectivity index (χ3v) is 5.55. The van der Waals surface area contributed by atoms with Crippen LogP contribution in [-0.2, 0) is 20.9 Å². The summed E-state index contributed by atoms with van der Waals surface area (Å²) in [5.74, 6) is -1.75. The normalized spacial score (nSPS) is 11.5. The van der Waals surface area contributed by atoms with Crippen molar-refractivity contribution in [3.05, 3.63) is 72.0 Å². The number of benzene rings is 2.